The lowest BCUT2D eigenvalue weighted by molar-refractivity contribution is 0.207. The van der Waals surface area contributed by atoms with E-state index >= 15 is 0 Å². The Kier molecular flexibility index (Phi) is 6.51. The molecule has 0 bridgehead atoms. The summed E-state index contributed by atoms with van der Waals surface area (Å²) in [6.45, 7) is 10.9. The minimum Gasteiger partial charge on any atom is -0.303 e. The third-order valence-electron chi connectivity index (χ3n) is 4.65. The number of nitrogens with zero attached hydrogens (tertiary/aromatic N) is 2. The molecule has 4 heteroatoms. The molecule has 0 radical (unpaired) electrons. The van der Waals surface area contributed by atoms with Gasteiger partial charge in [0.1, 0.15) is 0 Å². The number of alkyl halides is 1. The lowest BCUT2D eigenvalue weighted by Crippen LogP contribution is -2.27. The van der Waals surface area contributed by atoms with Crippen LogP contribution in [0.25, 0.3) is 0 Å². The van der Waals surface area contributed by atoms with Crippen LogP contribution < -0.4 is 0 Å². The minimum atomic E-state index is 0.467. The molecule has 1 atom stereocenters. The largest absolute Gasteiger partial charge is 0.303 e. The average molecular weight is 329 g/mol. The Morgan fingerprint density at radius 2 is 2.14 bits per heavy atom. The number of hydrogen-bond acceptors (Lipinski definition) is 3. The van der Waals surface area contributed by atoms with E-state index in [1.807, 2.05) is 0 Å². The molecule has 0 aliphatic carbocycles. The van der Waals surface area contributed by atoms with Gasteiger partial charge in [0.2, 0.25) is 0 Å². The lowest BCUT2D eigenvalue weighted by Gasteiger charge is -2.29. The van der Waals surface area contributed by atoms with Crippen molar-refractivity contribution in [1.29, 1.82) is 0 Å². The highest BCUT2D eigenvalue weighted by atomic mass is 35.5. The third kappa shape index (κ3) is 5.54. The van der Waals surface area contributed by atoms with E-state index in [-0.39, 0.29) is 0 Å². The fraction of sp³-hybridized carbons (Fsp3) is 0.824. The number of halogens is 1. The van der Waals surface area contributed by atoms with E-state index in [1.165, 1.54) is 50.3 Å². The molecule has 1 aromatic rings. The van der Waals surface area contributed by atoms with Gasteiger partial charge in [-0.05, 0) is 56.7 Å². The summed E-state index contributed by atoms with van der Waals surface area (Å²) in [6.07, 6.45) is 6.43. The van der Waals surface area contributed by atoms with Crippen LogP contribution >= 0.6 is 22.9 Å². The quantitative estimate of drug-likeness (QED) is 0.710. The highest BCUT2D eigenvalue weighted by molar-refractivity contribution is 7.09. The zero-order valence-electron chi connectivity index (χ0n) is 13.7. The number of thiazole rings is 1. The Hall–Kier alpha value is -0.120. The van der Waals surface area contributed by atoms with Crippen LogP contribution in [0.4, 0.5) is 0 Å². The summed E-state index contributed by atoms with van der Waals surface area (Å²) in [4.78, 5) is 7.20. The van der Waals surface area contributed by atoms with Crippen LogP contribution in [-0.4, -0.2) is 29.5 Å². The fourth-order valence-electron chi connectivity index (χ4n) is 3.22. The van der Waals surface area contributed by atoms with Crippen LogP contribution in [-0.2, 0) is 12.3 Å². The normalized spacial score (nSPS) is 21.4. The molecule has 0 saturated carbocycles. The van der Waals surface area contributed by atoms with Crippen molar-refractivity contribution in [2.45, 2.75) is 58.8 Å². The van der Waals surface area contributed by atoms with E-state index in [4.69, 9.17) is 11.6 Å². The van der Waals surface area contributed by atoms with Gasteiger partial charge in [-0.1, -0.05) is 20.8 Å². The smallest absolute Gasteiger partial charge is 0.0929 e. The van der Waals surface area contributed by atoms with E-state index in [2.05, 4.69) is 36.0 Å². The number of aryl methyl sites for hydroxylation is 1. The van der Waals surface area contributed by atoms with E-state index in [9.17, 15) is 0 Å². The van der Waals surface area contributed by atoms with Gasteiger partial charge < -0.3 is 4.90 Å². The summed E-state index contributed by atoms with van der Waals surface area (Å²) in [6, 6.07) is 0. The molecule has 120 valence electrons. The minimum absolute atomic E-state index is 0.467. The summed E-state index contributed by atoms with van der Waals surface area (Å²) in [7, 11) is 0. The SMILES string of the molecule is CC(C)(C)C1CCCN(CCCc2nc(CCl)cs2)CC1. The first kappa shape index (κ1) is 17.2. The fourth-order valence-corrected chi connectivity index (χ4v) is 4.29. The predicted molar refractivity (Wildman–Crippen MR) is 93.2 cm³/mol. The second-order valence-electron chi connectivity index (χ2n) is 7.31. The molecule has 1 aliphatic heterocycles. The highest BCUT2D eigenvalue weighted by Gasteiger charge is 2.26. The van der Waals surface area contributed by atoms with Gasteiger partial charge >= 0.3 is 0 Å². The van der Waals surface area contributed by atoms with Crippen LogP contribution in [0.15, 0.2) is 5.38 Å². The molecule has 2 nitrogen and oxygen atoms in total. The molecule has 2 rings (SSSR count). The van der Waals surface area contributed by atoms with Crippen molar-refractivity contribution < 1.29 is 0 Å². The molecule has 1 saturated heterocycles. The van der Waals surface area contributed by atoms with Crippen molar-refractivity contribution in [3.8, 4) is 0 Å². The van der Waals surface area contributed by atoms with Crippen molar-refractivity contribution in [3.05, 3.63) is 16.1 Å². The van der Waals surface area contributed by atoms with Crippen LogP contribution in [0.2, 0.25) is 0 Å². The van der Waals surface area contributed by atoms with E-state index in [1.54, 1.807) is 11.3 Å². The maximum absolute atomic E-state index is 5.80. The molecule has 1 aliphatic rings. The Morgan fingerprint density at radius 3 is 2.81 bits per heavy atom. The third-order valence-corrected chi connectivity index (χ3v) is 5.88. The van der Waals surface area contributed by atoms with Gasteiger partial charge in [0.05, 0.1) is 16.6 Å². The Bertz CT molecular complexity index is 425. The van der Waals surface area contributed by atoms with E-state index in [0.29, 0.717) is 11.3 Å². The molecule has 21 heavy (non-hydrogen) atoms. The molecule has 0 aromatic carbocycles. The van der Waals surface area contributed by atoms with Gasteiger partial charge in [-0.3, -0.25) is 0 Å². The monoisotopic (exact) mass is 328 g/mol. The van der Waals surface area contributed by atoms with E-state index in [0.717, 1.165) is 18.0 Å². The van der Waals surface area contributed by atoms with Crippen LogP contribution in [0, 0.1) is 11.3 Å². The zero-order chi connectivity index (χ0) is 15.3. The second kappa shape index (κ2) is 7.94. The van der Waals surface area contributed by atoms with Crippen molar-refractivity contribution in [2.75, 3.05) is 19.6 Å². The van der Waals surface area contributed by atoms with Crippen molar-refractivity contribution in [3.63, 3.8) is 0 Å². The first-order valence-corrected chi connectivity index (χ1v) is 9.62. The van der Waals surface area contributed by atoms with Crippen molar-refractivity contribution >= 4 is 22.9 Å². The molecule has 0 spiro atoms. The van der Waals surface area contributed by atoms with Crippen molar-refractivity contribution in [1.82, 2.24) is 9.88 Å². The molecular formula is C17H29ClN2S. The Morgan fingerprint density at radius 1 is 1.33 bits per heavy atom. The molecule has 1 unspecified atom stereocenters. The number of likely N-dealkylation sites (tertiary alicyclic amines) is 1. The maximum Gasteiger partial charge on any atom is 0.0929 e. The van der Waals surface area contributed by atoms with Gasteiger partial charge in [-0.2, -0.15) is 0 Å². The summed E-state index contributed by atoms with van der Waals surface area (Å²) >= 11 is 7.56. The topological polar surface area (TPSA) is 16.1 Å². The summed E-state index contributed by atoms with van der Waals surface area (Å²) in [5, 5.41) is 3.33. The molecule has 0 amide bonds. The number of rotatable bonds is 5. The summed E-state index contributed by atoms with van der Waals surface area (Å²) < 4.78 is 0. The molecule has 1 aromatic heterocycles. The maximum atomic E-state index is 5.80. The number of hydrogen-bond donors (Lipinski definition) is 0. The highest BCUT2D eigenvalue weighted by Crippen LogP contribution is 2.34. The molecular weight excluding hydrogens is 300 g/mol. The van der Waals surface area contributed by atoms with E-state index < -0.39 is 0 Å². The first-order valence-electron chi connectivity index (χ1n) is 8.20. The van der Waals surface area contributed by atoms with Crippen LogP contribution in [0.3, 0.4) is 0 Å². The van der Waals surface area contributed by atoms with Gasteiger partial charge in [-0.25, -0.2) is 4.98 Å². The van der Waals surface area contributed by atoms with Gasteiger partial charge in [-0.15, -0.1) is 22.9 Å². The first-order chi connectivity index (χ1) is 9.99. The second-order valence-corrected chi connectivity index (χ2v) is 8.52. The van der Waals surface area contributed by atoms with Gasteiger partial charge in [0.15, 0.2) is 0 Å². The molecule has 0 N–H and O–H groups in total. The molecule has 2 heterocycles. The standard InChI is InChI=1S/C17H29ClN2S/c1-17(2,3)14-6-4-9-20(11-8-14)10-5-7-16-19-15(12-18)13-21-16/h13-14H,4-12H2,1-3H3. The number of aromatic nitrogens is 1. The Labute approximate surface area is 138 Å². The average Bonchev–Trinajstić information content (AvgIpc) is 2.74. The van der Waals surface area contributed by atoms with Crippen LogP contribution in [0.1, 0.15) is 57.2 Å². The Balaban J connectivity index is 1.71. The zero-order valence-corrected chi connectivity index (χ0v) is 15.3. The van der Waals surface area contributed by atoms with Gasteiger partial charge in [0, 0.05) is 11.8 Å². The molecule has 1 fully saturated rings. The van der Waals surface area contributed by atoms with Gasteiger partial charge in [0.25, 0.3) is 0 Å². The predicted octanol–water partition coefficient (Wildman–Crippen LogP) is 4.96. The van der Waals surface area contributed by atoms with Crippen molar-refractivity contribution in [2.24, 2.45) is 11.3 Å². The lowest BCUT2D eigenvalue weighted by atomic mass is 9.77. The van der Waals surface area contributed by atoms with Crippen LogP contribution in [0.5, 0.6) is 0 Å². The summed E-state index contributed by atoms with van der Waals surface area (Å²) in [5.74, 6) is 1.42. The summed E-state index contributed by atoms with van der Waals surface area (Å²) in [5.41, 5.74) is 1.49.